The summed E-state index contributed by atoms with van der Waals surface area (Å²) < 4.78 is 10.5. The van der Waals surface area contributed by atoms with E-state index in [9.17, 15) is 4.79 Å². The minimum Gasteiger partial charge on any atom is -0.461 e. The number of Topliss-reactive ketones (excluding diaryl/α,β-unsaturated/α-hetero) is 1. The number of hydrogen-bond donors (Lipinski definition) is 0. The lowest BCUT2D eigenvalue weighted by atomic mass is 9.83. The zero-order valence-electron chi connectivity index (χ0n) is 9.65. The van der Waals surface area contributed by atoms with Crippen molar-refractivity contribution in [1.82, 2.24) is 0 Å². The third-order valence-electron chi connectivity index (χ3n) is 3.35. The van der Waals surface area contributed by atoms with E-state index in [-0.39, 0.29) is 11.9 Å². The summed E-state index contributed by atoms with van der Waals surface area (Å²) in [7, 11) is 1.61. The second-order valence-electron chi connectivity index (χ2n) is 4.40. The lowest BCUT2D eigenvalue weighted by molar-refractivity contribution is 0.0292. The Morgan fingerprint density at radius 3 is 2.75 bits per heavy atom. The first kappa shape index (κ1) is 11.4. The van der Waals surface area contributed by atoms with Crippen LogP contribution in [0.4, 0.5) is 0 Å². The van der Waals surface area contributed by atoms with Crippen molar-refractivity contribution in [2.45, 2.75) is 38.2 Å². The molecule has 1 aliphatic carbocycles. The minimum atomic E-state index is -0.327. The number of carbonyl (C=O) groups excluding carboxylic acids is 1. The third-order valence-corrected chi connectivity index (χ3v) is 3.35. The van der Waals surface area contributed by atoms with Gasteiger partial charge in [0.05, 0.1) is 6.26 Å². The number of ether oxygens (including phenoxy) is 1. The summed E-state index contributed by atoms with van der Waals surface area (Å²) in [6.45, 7) is 0. The lowest BCUT2D eigenvalue weighted by Crippen LogP contribution is -2.32. The van der Waals surface area contributed by atoms with Crippen LogP contribution < -0.4 is 0 Å². The van der Waals surface area contributed by atoms with Crippen LogP contribution in [0.3, 0.4) is 0 Å². The van der Waals surface area contributed by atoms with E-state index < -0.39 is 0 Å². The monoisotopic (exact) mass is 222 g/mol. The van der Waals surface area contributed by atoms with Gasteiger partial charge in [-0.1, -0.05) is 19.3 Å². The van der Waals surface area contributed by atoms with Crippen LogP contribution in [-0.4, -0.2) is 19.0 Å². The van der Waals surface area contributed by atoms with E-state index in [1.807, 2.05) is 0 Å². The van der Waals surface area contributed by atoms with E-state index in [2.05, 4.69) is 0 Å². The van der Waals surface area contributed by atoms with Crippen LogP contribution in [0.25, 0.3) is 0 Å². The van der Waals surface area contributed by atoms with Crippen molar-refractivity contribution in [3.05, 3.63) is 24.2 Å². The van der Waals surface area contributed by atoms with Gasteiger partial charge in [0.25, 0.3) is 0 Å². The van der Waals surface area contributed by atoms with Crippen molar-refractivity contribution in [1.29, 1.82) is 0 Å². The Labute approximate surface area is 95.8 Å². The van der Waals surface area contributed by atoms with Gasteiger partial charge in [0, 0.05) is 7.11 Å². The summed E-state index contributed by atoms with van der Waals surface area (Å²) in [5, 5.41) is 0. The van der Waals surface area contributed by atoms with E-state index in [4.69, 9.17) is 9.15 Å². The molecule has 0 amide bonds. The molecule has 16 heavy (non-hydrogen) atoms. The Balaban J connectivity index is 2.06. The predicted octanol–water partition coefficient (Wildman–Crippen LogP) is 3.06. The molecule has 1 aromatic heterocycles. The molecule has 2 rings (SSSR count). The number of hydrogen-bond acceptors (Lipinski definition) is 3. The summed E-state index contributed by atoms with van der Waals surface area (Å²) in [5.74, 6) is 0.758. The maximum atomic E-state index is 12.1. The molecule has 0 aromatic carbocycles. The van der Waals surface area contributed by atoms with E-state index in [0.29, 0.717) is 11.7 Å². The molecule has 0 spiro atoms. The Morgan fingerprint density at radius 2 is 2.19 bits per heavy atom. The number of ketones is 1. The quantitative estimate of drug-likeness (QED) is 0.735. The topological polar surface area (TPSA) is 39.4 Å². The molecule has 0 N–H and O–H groups in total. The minimum absolute atomic E-state index is 0.0144. The van der Waals surface area contributed by atoms with Crippen LogP contribution in [-0.2, 0) is 4.74 Å². The van der Waals surface area contributed by atoms with Crippen molar-refractivity contribution in [2.24, 2.45) is 5.92 Å². The van der Waals surface area contributed by atoms with E-state index >= 15 is 0 Å². The summed E-state index contributed by atoms with van der Waals surface area (Å²) in [6, 6.07) is 3.44. The highest BCUT2D eigenvalue weighted by atomic mass is 16.5. The largest absolute Gasteiger partial charge is 0.461 e. The van der Waals surface area contributed by atoms with Crippen LogP contribution in [0.1, 0.15) is 42.7 Å². The van der Waals surface area contributed by atoms with Crippen LogP contribution in [0.5, 0.6) is 0 Å². The Kier molecular flexibility index (Phi) is 3.78. The van der Waals surface area contributed by atoms with Crippen molar-refractivity contribution < 1.29 is 13.9 Å². The summed E-state index contributed by atoms with van der Waals surface area (Å²) in [4.78, 5) is 12.1. The van der Waals surface area contributed by atoms with Crippen molar-refractivity contribution in [3.8, 4) is 0 Å². The molecule has 0 bridgehead atoms. The van der Waals surface area contributed by atoms with E-state index in [0.717, 1.165) is 12.8 Å². The molecule has 3 heteroatoms. The van der Waals surface area contributed by atoms with Crippen molar-refractivity contribution in [2.75, 3.05) is 7.11 Å². The highest BCUT2D eigenvalue weighted by Crippen LogP contribution is 2.29. The molecule has 0 radical (unpaired) electrons. The van der Waals surface area contributed by atoms with Gasteiger partial charge in [-0.3, -0.25) is 4.79 Å². The standard InChI is InChI=1S/C13H18O3/c1-15-13(10-6-3-2-4-7-10)12(14)11-8-5-9-16-11/h5,8-10,13H,2-4,6-7H2,1H3. The highest BCUT2D eigenvalue weighted by Gasteiger charge is 2.31. The molecule has 1 unspecified atom stereocenters. The average Bonchev–Trinajstić information content (AvgIpc) is 2.85. The SMILES string of the molecule is COC(C(=O)c1ccco1)C1CCCCC1. The Bertz CT molecular complexity index is 323. The first-order valence-corrected chi connectivity index (χ1v) is 5.93. The van der Waals surface area contributed by atoms with Crippen LogP contribution in [0.2, 0.25) is 0 Å². The van der Waals surface area contributed by atoms with Gasteiger partial charge in [-0.15, -0.1) is 0 Å². The fourth-order valence-electron chi connectivity index (χ4n) is 2.51. The first-order chi connectivity index (χ1) is 7.83. The molecule has 3 nitrogen and oxygen atoms in total. The molecule has 1 atom stereocenters. The summed E-state index contributed by atoms with van der Waals surface area (Å²) >= 11 is 0. The van der Waals surface area contributed by atoms with Gasteiger partial charge < -0.3 is 9.15 Å². The van der Waals surface area contributed by atoms with Gasteiger partial charge in [0.1, 0.15) is 6.10 Å². The smallest absolute Gasteiger partial charge is 0.226 e. The molecular formula is C13H18O3. The maximum Gasteiger partial charge on any atom is 0.226 e. The number of carbonyl (C=O) groups is 1. The maximum absolute atomic E-state index is 12.1. The highest BCUT2D eigenvalue weighted by molar-refractivity contribution is 5.97. The molecule has 1 aliphatic rings. The second kappa shape index (κ2) is 5.30. The fourth-order valence-corrected chi connectivity index (χ4v) is 2.51. The Morgan fingerprint density at radius 1 is 1.44 bits per heavy atom. The van der Waals surface area contributed by atoms with Crippen LogP contribution >= 0.6 is 0 Å². The lowest BCUT2D eigenvalue weighted by Gasteiger charge is -2.27. The predicted molar refractivity (Wildman–Crippen MR) is 60.4 cm³/mol. The van der Waals surface area contributed by atoms with Gasteiger partial charge >= 0.3 is 0 Å². The zero-order chi connectivity index (χ0) is 11.4. The number of rotatable bonds is 4. The van der Waals surface area contributed by atoms with Gasteiger partial charge in [-0.05, 0) is 30.9 Å². The first-order valence-electron chi connectivity index (χ1n) is 5.93. The molecule has 1 aromatic rings. The van der Waals surface area contributed by atoms with Gasteiger partial charge in [-0.25, -0.2) is 0 Å². The second-order valence-corrected chi connectivity index (χ2v) is 4.40. The fraction of sp³-hybridized carbons (Fsp3) is 0.615. The molecule has 1 fully saturated rings. The molecule has 88 valence electrons. The molecule has 1 heterocycles. The summed E-state index contributed by atoms with van der Waals surface area (Å²) in [5.41, 5.74) is 0. The third kappa shape index (κ3) is 2.35. The molecule has 0 saturated heterocycles. The van der Waals surface area contributed by atoms with E-state index in [1.54, 1.807) is 19.2 Å². The zero-order valence-corrected chi connectivity index (χ0v) is 9.65. The number of furan rings is 1. The molecule has 1 saturated carbocycles. The van der Waals surface area contributed by atoms with Crippen LogP contribution in [0.15, 0.2) is 22.8 Å². The average molecular weight is 222 g/mol. The van der Waals surface area contributed by atoms with Gasteiger partial charge in [-0.2, -0.15) is 0 Å². The van der Waals surface area contributed by atoms with Crippen molar-refractivity contribution in [3.63, 3.8) is 0 Å². The van der Waals surface area contributed by atoms with Gasteiger partial charge in [0.2, 0.25) is 5.78 Å². The summed E-state index contributed by atoms with van der Waals surface area (Å²) in [6.07, 6.45) is 7.07. The normalized spacial score (nSPS) is 19.6. The number of methoxy groups -OCH3 is 1. The Hall–Kier alpha value is -1.09. The van der Waals surface area contributed by atoms with Gasteiger partial charge in [0.15, 0.2) is 5.76 Å². The van der Waals surface area contributed by atoms with Crippen molar-refractivity contribution >= 4 is 5.78 Å². The molecule has 0 aliphatic heterocycles. The van der Waals surface area contributed by atoms with E-state index in [1.165, 1.54) is 25.5 Å². The molecular weight excluding hydrogens is 204 g/mol. The van der Waals surface area contributed by atoms with Crippen LogP contribution in [0, 0.1) is 5.92 Å².